The predicted molar refractivity (Wildman–Crippen MR) is 68.3 cm³/mol. The Balaban J connectivity index is 2.37. The molecule has 80 valence electrons. The summed E-state index contributed by atoms with van der Waals surface area (Å²) in [5, 5.41) is 6.84. The molecule has 0 saturated heterocycles. The summed E-state index contributed by atoms with van der Waals surface area (Å²) < 4.78 is 1.25. The van der Waals surface area contributed by atoms with E-state index >= 15 is 0 Å². The van der Waals surface area contributed by atoms with Crippen LogP contribution in [0.2, 0.25) is 0 Å². The first-order valence-electron chi connectivity index (χ1n) is 5.10. The second-order valence-corrected chi connectivity index (χ2v) is 5.22. The van der Waals surface area contributed by atoms with Crippen molar-refractivity contribution in [3.63, 3.8) is 0 Å². The zero-order valence-electron chi connectivity index (χ0n) is 8.69. The van der Waals surface area contributed by atoms with E-state index in [2.05, 4.69) is 18.0 Å². The molecule has 2 rings (SSSR count). The fourth-order valence-electron chi connectivity index (χ4n) is 1.50. The van der Waals surface area contributed by atoms with Gasteiger partial charge in [0.2, 0.25) is 0 Å². The van der Waals surface area contributed by atoms with Crippen LogP contribution in [0.5, 0.6) is 0 Å². The van der Waals surface area contributed by atoms with Gasteiger partial charge in [-0.2, -0.15) is 0 Å². The van der Waals surface area contributed by atoms with Crippen LogP contribution in [0.3, 0.4) is 0 Å². The van der Waals surface area contributed by atoms with Gasteiger partial charge < -0.3 is 0 Å². The highest BCUT2D eigenvalue weighted by Crippen LogP contribution is 2.29. The second kappa shape index (κ2) is 4.96. The highest BCUT2D eigenvalue weighted by atomic mass is 32.2. The van der Waals surface area contributed by atoms with Crippen molar-refractivity contribution in [2.45, 2.75) is 31.1 Å². The number of nitrogens with two attached hydrogens (primary N) is 1. The fourth-order valence-corrected chi connectivity index (χ4v) is 3.02. The lowest BCUT2D eigenvalue weighted by Crippen LogP contribution is -1.84. The van der Waals surface area contributed by atoms with Crippen LogP contribution < -0.4 is 5.14 Å². The Morgan fingerprint density at radius 1 is 1.47 bits per heavy atom. The summed E-state index contributed by atoms with van der Waals surface area (Å²) in [6.07, 6.45) is 3.52. The molecule has 0 spiro atoms. The number of nitrogens with zero attached hydrogens (tertiary/aromatic N) is 1. The van der Waals surface area contributed by atoms with Gasteiger partial charge in [-0.1, -0.05) is 19.4 Å². The van der Waals surface area contributed by atoms with E-state index in [9.17, 15) is 0 Å². The van der Waals surface area contributed by atoms with Gasteiger partial charge in [-0.15, -0.1) is 11.3 Å². The zero-order valence-corrected chi connectivity index (χ0v) is 10.3. The van der Waals surface area contributed by atoms with E-state index in [0.29, 0.717) is 0 Å². The standard InChI is InChI=1S/C11H14N2S2/c1-2-3-7-10-13-11-8(14-10)5-4-6-9(11)15-12/h4-6H,2-3,7,12H2,1H3. The molecule has 1 aromatic carbocycles. The van der Waals surface area contributed by atoms with E-state index in [1.165, 1.54) is 34.5 Å². The Morgan fingerprint density at radius 2 is 2.33 bits per heavy atom. The molecule has 0 amide bonds. The van der Waals surface area contributed by atoms with Crippen LogP contribution in [0.25, 0.3) is 10.2 Å². The summed E-state index contributed by atoms with van der Waals surface area (Å²) in [7, 11) is 0. The van der Waals surface area contributed by atoms with Gasteiger partial charge in [-0.25, -0.2) is 4.98 Å². The largest absolute Gasteiger partial charge is 0.274 e. The maximum atomic E-state index is 5.61. The van der Waals surface area contributed by atoms with Gasteiger partial charge >= 0.3 is 0 Å². The molecule has 1 heterocycles. The summed E-state index contributed by atoms with van der Waals surface area (Å²) >= 11 is 3.07. The molecule has 0 aliphatic carbocycles. The van der Waals surface area contributed by atoms with Gasteiger partial charge in [0.15, 0.2) is 0 Å². The Kier molecular flexibility index (Phi) is 3.61. The third-order valence-electron chi connectivity index (χ3n) is 2.30. The minimum absolute atomic E-state index is 1.07. The van der Waals surface area contributed by atoms with Gasteiger partial charge in [0.25, 0.3) is 0 Å². The van der Waals surface area contributed by atoms with Crippen molar-refractivity contribution in [1.82, 2.24) is 4.98 Å². The molecule has 0 aliphatic heterocycles. The third kappa shape index (κ3) is 2.33. The number of benzene rings is 1. The topological polar surface area (TPSA) is 38.9 Å². The van der Waals surface area contributed by atoms with E-state index in [1.54, 1.807) is 11.3 Å². The maximum Gasteiger partial charge on any atom is 0.0964 e. The molecule has 0 unspecified atom stereocenters. The molecule has 0 atom stereocenters. The summed E-state index contributed by atoms with van der Waals surface area (Å²) in [4.78, 5) is 5.71. The number of fused-ring (bicyclic) bond motifs is 1. The highest BCUT2D eigenvalue weighted by Gasteiger charge is 2.06. The molecular weight excluding hydrogens is 224 g/mol. The van der Waals surface area contributed by atoms with Crippen LogP contribution in [-0.4, -0.2) is 4.98 Å². The molecule has 0 radical (unpaired) electrons. The lowest BCUT2D eigenvalue weighted by molar-refractivity contribution is 0.791. The smallest absolute Gasteiger partial charge is 0.0964 e. The van der Waals surface area contributed by atoms with E-state index in [0.717, 1.165) is 16.8 Å². The lowest BCUT2D eigenvalue weighted by Gasteiger charge is -1.94. The summed E-state index contributed by atoms with van der Waals surface area (Å²) in [6, 6.07) is 6.18. The Labute approximate surface area is 98.0 Å². The Hall–Kier alpha value is -0.580. The molecule has 0 saturated carbocycles. The number of aryl methyl sites for hydroxylation is 1. The van der Waals surface area contributed by atoms with E-state index in [4.69, 9.17) is 5.14 Å². The van der Waals surface area contributed by atoms with Crippen molar-refractivity contribution in [2.24, 2.45) is 5.14 Å². The van der Waals surface area contributed by atoms with Crippen molar-refractivity contribution in [3.8, 4) is 0 Å². The monoisotopic (exact) mass is 238 g/mol. The van der Waals surface area contributed by atoms with Crippen LogP contribution >= 0.6 is 23.3 Å². The Morgan fingerprint density at radius 3 is 3.07 bits per heavy atom. The molecular formula is C11H14N2S2. The Bertz CT molecular complexity index is 451. The van der Waals surface area contributed by atoms with Crippen LogP contribution in [0.15, 0.2) is 23.1 Å². The predicted octanol–water partition coefficient (Wildman–Crippen LogP) is 3.60. The van der Waals surface area contributed by atoms with Gasteiger partial charge in [0.05, 0.1) is 15.2 Å². The number of rotatable bonds is 4. The van der Waals surface area contributed by atoms with E-state index in [-0.39, 0.29) is 0 Å². The number of thiazole rings is 1. The first-order chi connectivity index (χ1) is 7.35. The number of unbranched alkanes of at least 4 members (excludes halogenated alkanes) is 1. The summed E-state index contributed by atoms with van der Waals surface area (Å²) in [5.41, 5.74) is 1.07. The van der Waals surface area contributed by atoms with Crippen LogP contribution in [-0.2, 0) is 6.42 Å². The number of hydrogen-bond donors (Lipinski definition) is 1. The van der Waals surface area contributed by atoms with Crippen molar-refractivity contribution in [3.05, 3.63) is 23.2 Å². The number of aromatic nitrogens is 1. The fraction of sp³-hybridized carbons (Fsp3) is 0.364. The van der Waals surface area contributed by atoms with Gasteiger partial charge in [0, 0.05) is 4.90 Å². The molecule has 2 aromatic rings. The quantitative estimate of drug-likeness (QED) is 0.827. The minimum atomic E-state index is 1.07. The van der Waals surface area contributed by atoms with Crippen molar-refractivity contribution in [2.75, 3.05) is 0 Å². The number of para-hydroxylation sites is 1. The number of hydrogen-bond acceptors (Lipinski definition) is 4. The molecule has 2 nitrogen and oxygen atoms in total. The van der Waals surface area contributed by atoms with Crippen LogP contribution in [0.1, 0.15) is 24.8 Å². The van der Waals surface area contributed by atoms with Crippen molar-refractivity contribution in [1.29, 1.82) is 0 Å². The lowest BCUT2D eigenvalue weighted by atomic mass is 10.3. The van der Waals surface area contributed by atoms with Gasteiger partial charge in [-0.3, -0.25) is 5.14 Å². The maximum absolute atomic E-state index is 5.61. The highest BCUT2D eigenvalue weighted by molar-refractivity contribution is 7.97. The van der Waals surface area contributed by atoms with Crippen LogP contribution in [0.4, 0.5) is 0 Å². The van der Waals surface area contributed by atoms with Crippen molar-refractivity contribution < 1.29 is 0 Å². The van der Waals surface area contributed by atoms with E-state index in [1.807, 2.05) is 12.1 Å². The second-order valence-electron chi connectivity index (χ2n) is 3.43. The molecule has 4 heteroatoms. The van der Waals surface area contributed by atoms with E-state index < -0.39 is 0 Å². The molecule has 0 aliphatic rings. The average molecular weight is 238 g/mol. The SMILES string of the molecule is CCCCc1nc2c(SN)cccc2s1. The zero-order chi connectivity index (χ0) is 10.7. The average Bonchev–Trinajstić information content (AvgIpc) is 2.68. The van der Waals surface area contributed by atoms with Gasteiger partial charge in [-0.05, 0) is 36.9 Å². The molecule has 2 N–H and O–H groups in total. The van der Waals surface area contributed by atoms with Crippen molar-refractivity contribution >= 4 is 33.5 Å². The van der Waals surface area contributed by atoms with Crippen LogP contribution in [0, 0.1) is 0 Å². The molecule has 0 fully saturated rings. The van der Waals surface area contributed by atoms with Gasteiger partial charge in [0.1, 0.15) is 0 Å². The first kappa shape index (κ1) is 10.9. The molecule has 15 heavy (non-hydrogen) atoms. The minimum Gasteiger partial charge on any atom is -0.274 e. The molecule has 1 aromatic heterocycles. The summed E-state index contributed by atoms with van der Waals surface area (Å²) in [6.45, 7) is 2.20. The third-order valence-corrected chi connectivity index (χ3v) is 3.96. The summed E-state index contributed by atoms with van der Waals surface area (Å²) in [5.74, 6) is 0. The molecule has 0 bridgehead atoms. The first-order valence-corrected chi connectivity index (χ1v) is 6.80. The normalized spacial score (nSPS) is 11.1.